The molecule has 0 radical (unpaired) electrons. The first-order valence-corrected chi connectivity index (χ1v) is 4.20. The van der Waals surface area contributed by atoms with Crippen LogP contribution in [0.2, 0.25) is 0 Å². The Morgan fingerprint density at radius 3 is 2.57 bits per heavy atom. The lowest BCUT2D eigenvalue weighted by atomic mass is 10.1. The van der Waals surface area contributed by atoms with Crippen LogP contribution in [-0.4, -0.2) is 18.8 Å². The van der Waals surface area contributed by atoms with Crippen molar-refractivity contribution < 1.29 is 9.84 Å². The molecule has 14 heavy (non-hydrogen) atoms. The van der Waals surface area contributed by atoms with Gasteiger partial charge in [-0.15, -0.1) is 12.4 Å². The van der Waals surface area contributed by atoms with Crippen molar-refractivity contribution in [2.24, 2.45) is 5.73 Å². The van der Waals surface area contributed by atoms with Crippen LogP contribution in [0.15, 0.2) is 18.2 Å². The summed E-state index contributed by atoms with van der Waals surface area (Å²) in [7, 11) is 1.63. The SMILES string of the molecule is COc1ccc([C@@H](N)CO)cc1C.Cl. The van der Waals surface area contributed by atoms with Crippen LogP contribution in [0.25, 0.3) is 0 Å². The highest BCUT2D eigenvalue weighted by Crippen LogP contribution is 2.21. The highest BCUT2D eigenvalue weighted by molar-refractivity contribution is 5.85. The first-order chi connectivity index (χ1) is 6.19. The molecule has 0 saturated carbocycles. The lowest BCUT2D eigenvalue weighted by Crippen LogP contribution is -2.14. The average Bonchev–Trinajstić information content (AvgIpc) is 2.16. The molecule has 0 aromatic heterocycles. The number of aliphatic hydroxyl groups is 1. The molecule has 3 N–H and O–H groups in total. The van der Waals surface area contributed by atoms with E-state index in [0.29, 0.717) is 0 Å². The number of benzene rings is 1. The van der Waals surface area contributed by atoms with Gasteiger partial charge in [0.2, 0.25) is 0 Å². The molecule has 0 amide bonds. The van der Waals surface area contributed by atoms with Gasteiger partial charge in [-0.05, 0) is 24.1 Å². The molecule has 0 saturated heterocycles. The Hall–Kier alpha value is -0.770. The second-order valence-corrected chi connectivity index (χ2v) is 3.02. The van der Waals surface area contributed by atoms with E-state index in [2.05, 4.69) is 0 Å². The Bertz CT molecular complexity index is 291. The molecule has 0 aliphatic carbocycles. The third-order valence-electron chi connectivity index (χ3n) is 2.04. The highest BCUT2D eigenvalue weighted by atomic mass is 35.5. The van der Waals surface area contributed by atoms with Gasteiger partial charge in [0.1, 0.15) is 5.75 Å². The molecule has 0 spiro atoms. The quantitative estimate of drug-likeness (QED) is 0.805. The molecular weight excluding hydrogens is 202 g/mol. The Morgan fingerprint density at radius 1 is 1.50 bits per heavy atom. The first kappa shape index (κ1) is 13.2. The van der Waals surface area contributed by atoms with Crippen molar-refractivity contribution >= 4 is 12.4 Å². The van der Waals surface area contributed by atoms with Gasteiger partial charge in [0.15, 0.2) is 0 Å². The molecule has 4 heteroatoms. The van der Waals surface area contributed by atoms with E-state index < -0.39 is 0 Å². The number of hydrogen-bond acceptors (Lipinski definition) is 3. The molecule has 0 aliphatic heterocycles. The predicted octanol–water partition coefficient (Wildman–Crippen LogP) is 1.42. The minimum Gasteiger partial charge on any atom is -0.496 e. The first-order valence-electron chi connectivity index (χ1n) is 4.20. The summed E-state index contributed by atoms with van der Waals surface area (Å²) >= 11 is 0. The van der Waals surface area contributed by atoms with Crippen molar-refractivity contribution in [3.05, 3.63) is 29.3 Å². The second-order valence-electron chi connectivity index (χ2n) is 3.02. The minimum absolute atomic E-state index is 0. The Labute approximate surface area is 90.3 Å². The van der Waals surface area contributed by atoms with Crippen molar-refractivity contribution in [3.8, 4) is 5.75 Å². The van der Waals surface area contributed by atoms with Gasteiger partial charge in [-0.25, -0.2) is 0 Å². The monoisotopic (exact) mass is 217 g/mol. The molecule has 0 unspecified atom stereocenters. The number of hydrogen-bond donors (Lipinski definition) is 2. The van der Waals surface area contributed by atoms with Crippen molar-refractivity contribution in [2.45, 2.75) is 13.0 Å². The molecule has 0 heterocycles. The van der Waals surface area contributed by atoms with Crippen LogP contribution >= 0.6 is 12.4 Å². The van der Waals surface area contributed by atoms with E-state index in [1.807, 2.05) is 25.1 Å². The van der Waals surface area contributed by atoms with Crippen molar-refractivity contribution in [2.75, 3.05) is 13.7 Å². The number of nitrogens with two attached hydrogens (primary N) is 1. The predicted molar refractivity (Wildman–Crippen MR) is 59.0 cm³/mol. The summed E-state index contributed by atoms with van der Waals surface area (Å²) in [6.45, 7) is 1.91. The molecule has 0 fully saturated rings. The number of ether oxygens (including phenoxy) is 1. The maximum atomic E-state index is 8.85. The third-order valence-corrected chi connectivity index (χ3v) is 2.04. The van der Waals surface area contributed by atoms with Crippen molar-refractivity contribution in [1.82, 2.24) is 0 Å². The second kappa shape index (κ2) is 5.86. The molecule has 0 aliphatic rings. The molecule has 1 rings (SSSR count). The zero-order valence-electron chi connectivity index (χ0n) is 8.36. The molecular formula is C10H16ClNO2. The summed E-state index contributed by atoms with van der Waals surface area (Å²) in [6.07, 6.45) is 0. The van der Waals surface area contributed by atoms with Gasteiger partial charge in [0.05, 0.1) is 19.8 Å². The van der Waals surface area contributed by atoms with Crippen LogP contribution in [0.3, 0.4) is 0 Å². The van der Waals surface area contributed by atoms with E-state index in [1.165, 1.54) is 0 Å². The van der Waals surface area contributed by atoms with E-state index in [-0.39, 0.29) is 25.1 Å². The lowest BCUT2D eigenvalue weighted by Gasteiger charge is -2.11. The largest absolute Gasteiger partial charge is 0.496 e. The Balaban J connectivity index is 0.00000169. The van der Waals surface area contributed by atoms with E-state index >= 15 is 0 Å². The molecule has 1 aromatic rings. The number of rotatable bonds is 3. The number of aliphatic hydroxyl groups excluding tert-OH is 1. The fourth-order valence-corrected chi connectivity index (χ4v) is 1.24. The van der Waals surface area contributed by atoms with E-state index in [4.69, 9.17) is 15.6 Å². The Kier molecular flexibility index (Phi) is 5.53. The number of aryl methyl sites for hydroxylation is 1. The van der Waals surface area contributed by atoms with Crippen LogP contribution in [0.4, 0.5) is 0 Å². The van der Waals surface area contributed by atoms with Crippen LogP contribution in [-0.2, 0) is 0 Å². The zero-order valence-corrected chi connectivity index (χ0v) is 9.17. The van der Waals surface area contributed by atoms with E-state index in [1.54, 1.807) is 7.11 Å². The van der Waals surface area contributed by atoms with Gasteiger partial charge in [-0.2, -0.15) is 0 Å². The average molecular weight is 218 g/mol. The van der Waals surface area contributed by atoms with Gasteiger partial charge in [0.25, 0.3) is 0 Å². The minimum atomic E-state index is -0.301. The van der Waals surface area contributed by atoms with Crippen molar-refractivity contribution in [3.63, 3.8) is 0 Å². The van der Waals surface area contributed by atoms with Gasteiger partial charge in [-0.1, -0.05) is 12.1 Å². The van der Waals surface area contributed by atoms with Gasteiger partial charge in [-0.3, -0.25) is 0 Å². The summed E-state index contributed by atoms with van der Waals surface area (Å²) < 4.78 is 5.11. The maximum absolute atomic E-state index is 8.85. The van der Waals surface area contributed by atoms with Crippen LogP contribution < -0.4 is 10.5 Å². The smallest absolute Gasteiger partial charge is 0.121 e. The number of halogens is 1. The van der Waals surface area contributed by atoms with Crippen molar-refractivity contribution in [1.29, 1.82) is 0 Å². The normalized spacial score (nSPS) is 11.7. The lowest BCUT2D eigenvalue weighted by molar-refractivity contribution is 0.268. The molecule has 80 valence electrons. The maximum Gasteiger partial charge on any atom is 0.121 e. The molecule has 1 atom stereocenters. The van der Waals surface area contributed by atoms with E-state index in [9.17, 15) is 0 Å². The summed E-state index contributed by atoms with van der Waals surface area (Å²) in [4.78, 5) is 0. The fraction of sp³-hybridized carbons (Fsp3) is 0.400. The fourth-order valence-electron chi connectivity index (χ4n) is 1.24. The number of methoxy groups -OCH3 is 1. The molecule has 1 aromatic carbocycles. The van der Waals surface area contributed by atoms with Gasteiger partial charge < -0.3 is 15.6 Å². The topological polar surface area (TPSA) is 55.5 Å². The van der Waals surface area contributed by atoms with Gasteiger partial charge in [0, 0.05) is 0 Å². The van der Waals surface area contributed by atoms with Gasteiger partial charge >= 0.3 is 0 Å². The summed E-state index contributed by atoms with van der Waals surface area (Å²) in [5, 5.41) is 8.85. The molecule has 0 bridgehead atoms. The highest BCUT2D eigenvalue weighted by Gasteiger charge is 2.06. The summed E-state index contributed by atoms with van der Waals surface area (Å²) in [5.74, 6) is 0.842. The Morgan fingerprint density at radius 2 is 2.14 bits per heavy atom. The standard InChI is InChI=1S/C10H15NO2.ClH/c1-7-5-8(9(11)6-12)3-4-10(7)13-2;/h3-5,9,12H,6,11H2,1-2H3;1H/t9-;/m0./s1. The summed E-state index contributed by atoms with van der Waals surface area (Å²) in [5.41, 5.74) is 7.63. The van der Waals surface area contributed by atoms with Crippen LogP contribution in [0.5, 0.6) is 5.75 Å². The summed E-state index contributed by atoms with van der Waals surface area (Å²) in [6, 6.07) is 5.36. The zero-order chi connectivity index (χ0) is 9.84. The van der Waals surface area contributed by atoms with Crippen LogP contribution in [0, 0.1) is 6.92 Å². The third kappa shape index (κ3) is 2.87. The van der Waals surface area contributed by atoms with E-state index in [0.717, 1.165) is 16.9 Å². The van der Waals surface area contributed by atoms with Crippen LogP contribution in [0.1, 0.15) is 17.2 Å². The molecule has 3 nitrogen and oxygen atoms in total.